The first-order valence-corrected chi connectivity index (χ1v) is 5.35. The van der Waals surface area contributed by atoms with Crippen LogP contribution in [0.5, 0.6) is 0 Å². The van der Waals surface area contributed by atoms with Crippen LogP contribution in [0.25, 0.3) is 0 Å². The molecule has 0 bridgehead atoms. The van der Waals surface area contributed by atoms with Crippen molar-refractivity contribution in [1.82, 2.24) is 0 Å². The standard InChI is InChI=1S/C11H12F3N3O/c12-11(13,14)6-17-9-4-2-1-3-8(9)16-5-7(15)10(17)18/h1-4,7,16H,5-6,15H2/t7-/m0/s1. The number of hydrogen-bond acceptors (Lipinski definition) is 3. The minimum Gasteiger partial charge on any atom is -0.381 e. The average Bonchev–Trinajstić information content (AvgIpc) is 2.41. The van der Waals surface area contributed by atoms with E-state index >= 15 is 0 Å². The Balaban J connectivity index is 2.41. The van der Waals surface area contributed by atoms with Gasteiger partial charge in [-0.15, -0.1) is 0 Å². The van der Waals surface area contributed by atoms with E-state index in [1.165, 1.54) is 6.07 Å². The topological polar surface area (TPSA) is 58.4 Å². The van der Waals surface area contributed by atoms with Gasteiger partial charge in [0.1, 0.15) is 12.6 Å². The van der Waals surface area contributed by atoms with Crippen LogP contribution in [0.2, 0.25) is 0 Å². The summed E-state index contributed by atoms with van der Waals surface area (Å²) in [5, 5.41) is 2.87. The van der Waals surface area contributed by atoms with Crippen molar-refractivity contribution < 1.29 is 18.0 Å². The summed E-state index contributed by atoms with van der Waals surface area (Å²) in [7, 11) is 0. The quantitative estimate of drug-likeness (QED) is 0.800. The summed E-state index contributed by atoms with van der Waals surface area (Å²) >= 11 is 0. The molecular weight excluding hydrogens is 247 g/mol. The van der Waals surface area contributed by atoms with E-state index in [1.807, 2.05) is 0 Å². The van der Waals surface area contributed by atoms with Gasteiger partial charge in [-0.3, -0.25) is 9.69 Å². The van der Waals surface area contributed by atoms with Gasteiger partial charge in [0.15, 0.2) is 0 Å². The van der Waals surface area contributed by atoms with Gasteiger partial charge in [-0.1, -0.05) is 12.1 Å². The van der Waals surface area contributed by atoms with Crippen molar-refractivity contribution in [3.8, 4) is 0 Å². The number of halogens is 3. The molecule has 1 aromatic rings. The molecule has 0 saturated carbocycles. The van der Waals surface area contributed by atoms with Gasteiger partial charge in [0.25, 0.3) is 0 Å². The number of amides is 1. The van der Waals surface area contributed by atoms with Crippen LogP contribution in [-0.4, -0.2) is 31.2 Å². The molecule has 4 nitrogen and oxygen atoms in total. The lowest BCUT2D eigenvalue weighted by atomic mass is 10.2. The zero-order valence-electron chi connectivity index (χ0n) is 9.37. The van der Waals surface area contributed by atoms with Crippen LogP contribution in [0, 0.1) is 0 Å². The Morgan fingerprint density at radius 1 is 1.39 bits per heavy atom. The van der Waals surface area contributed by atoms with Crippen LogP contribution >= 0.6 is 0 Å². The summed E-state index contributed by atoms with van der Waals surface area (Å²) in [5.41, 5.74) is 6.22. The van der Waals surface area contributed by atoms with Gasteiger partial charge in [0, 0.05) is 6.54 Å². The lowest BCUT2D eigenvalue weighted by Crippen LogP contribution is -2.48. The first kappa shape index (κ1) is 12.7. The Kier molecular flexibility index (Phi) is 3.16. The molecule has 3 N–H and O–H groups in total. The van der Waals surface area contributed by atoms with Crippen molar-refractivity contribution in [2.24, 2.45) is 5.73 Å². The molecule has 0 saturated heterocycles. The van der Waals surface area contributed by atoms with Crippen LogP contribution < -0.4 is 16.0 Å². The van der Waals surface area contributed by atoms with Gasteiger partial charge in [0.05, 0.1) is 11.4 Å². The molecule has 0 aromatic heterocycles. The number of alkyl halides is 3. The van der Waals surface area contributed by atoms with Crippen molar-refractivity contribution >= 4 is 17.3 Å². The number of carbonyl (C=O) groups excluding carboxylic acids is 1. The van der Waals surface area contributed by atoms with E-state index in [0.29, 0.717) is 10.6 Å². The lowest BCUT2D eigenvalue weighted by molar-refractivity contribution is -0.132. The third-order valence-electron chi connectivity index (χ3n) is 2.63. The highest BCUT2D eigenvalue weighted by Crippen LogP contribution is 2.30. The van der Waals surface area contributed by atoms with E-state index in [9.17, 15) is 18.0 Å². The molecule has 0 fully saturated rings. The summed E-state index contributed by atoms with van der Waals surface area (Å²) in [5.74, 6) is -0.732. The molecule has 0 radical (unpaired) electrons. The summed E-state index contributed by atoms with van der Waals surface area (Å²) in [6.07, 6.45) is -4.47. The maximum absolute atomic E-state index is 12.5. The first-order valence-electron chi connectivity index (χ1n) is 5.35. The van der Waals surface area contributed by atoms with Crippen LogP contribution in [-0.2, 0) is 4.79 Å². The number of nitrogens with one attached hydrogen (secondary N) is 1. The number of fused-ring (bicyclic) bond motifs is 1. The van der Waals surface area contributed by atoms with E-state index < -0.39 is 24.7 Å². The normalized spacial score (nSPS) is 20.1. The predicted octanol–water partition coefficient (Wildman–Crippen LogP) is 1.33. The van der Waals surface area contributed by atoms with Crippen molar-refractivity contribution in [3.05, 3.63) is 24.3 Å². The molecule has 0 spiro atoms. The number of rotatable bonds is 1. The molecule has 18 heavy (non-hydrogen) atoms. The second kappa shape index (κ2) is 4.49. The van der Waals surface area contributed by atoms with Gasteiger partial charge in [-0.25, -0.2) is 0 Å². The second-order valence-corrected chi connectivity index (χ2v) is 4.04. The highest BCUT2D eigenvalue weighted by molar-refractivity contribution is 6.01. The minimum atomic E-state index is -4.47. The molecule has 1 aliphatic rings. The summed E-state index contributed by atoms with van der Waals surface area (Å²) in [6, 6.07) is 5.35. The van der Waals surface area contributed by atoms with Crippen LogP contribution in [0.1, 0.15) is 0 Å². The number of para-hydroxylation sites is 2. The Morgan fingerprint density at radius 3 is 2.72 bits per heavy atom. The monoisotopic (exact) mass is 259 g/mol. The summed E-state index contributed by atoms with van der Waals surface area (Å²) in [6.45, 7) is -1.22. The summed E-state index contributed by atoms with van der Waals surface area (Å²) < 4.78 is 37.5. The maximum atomic E-state index is 12.5. The van der Waals surface area contributed by atoms with Gasteiger partial charge >= 0.3 is 6.18 Å². The second-order valence-electron chi connectivity index (χ2n) is 4.04. The first-order chi connectivity index (χ1) is 8.38. The van der Waals surface area contributed by atoms with Crippen LogP contribution in [0.4, 0.5) is 24.5 Å². The zero-order chi connectivity index (χ0) is 13.3. The highest BCUT2D eigenvalue weighted by atomic mass is 19.4. The minimum absolute atomic E-state index is 0.115. The molecule has 0 unspecified atom stereocenters. The van der Waals surface area contributed by atoms with Gasteiger partial charge in [-0.2, -0.15) is 13.2 Å². The number of nitrogens with two attached hydrogens (primary N) is 1. The largest absolute Gasteiger partial charge is 0.406 e. The van der Waals surface area contributed by atoms with E-state index in [0.717, 1.165) is 0 Å². The Bertz CT molecular complexity index is 461. The third-order valence-corrected chi connectivity index (χ3v) is 2.63. The van der Waals surface area contributed by atoms with E-state index in [2.05, 4.69) is 5.32 Å². The fraction of sp³-hybridized carbons (Fsp3) is 0.364. The SMILES string of the molecule is N[C@H]1CNc2ccccc2N(CC(F)(F)F)C1=O. The molecule has 1 atom stereocenters. The number of nitrogens with zero attached hydrogens (tertiary/aromatic N) is 1. The molecule has 1 aliphatic heterocycles. The Hall–Kier alpha value is -1.76. The lowest BCUT2D eigenvalue weighted by Gasteiger charge is -2.24. The number of carbonyl (C=O) groups is 1. The molecule has 0 aliphatic carbocycles. The Labute approximate surface area is 102 Å². The highest BCUT2D eigenvalue weighted by Gasteiger charge is 2.37. The molecular formula is C11H12F3N3O. The number of benzene rings is 1. The predicted molar refractivity (Wildman–Crippen MR) is 61.3 cm³/mol. The molecule has 1 heterocycles. The number of anilines is 2. The van der Waals surface area contributed by atoms with Crippen molar-refractivity contribution in [2.45, 2.75) is 12.2 Å². The van der Waals surface area contributed by atoms with Crippen LogP contribution in [0.15, 0.2) is 24.3 Å². The molecule has 2 rings (SSSR count). The van der Waals surface area contributed by atoms with Gasteiger partial charge in [0.2, 0.25) is 5.91 Å². The van der Waals surface area contributed by atoms with E-state index in [-0.39, 0.29) is 12.2 Å². The van der Waals surface area contributed by atoms with Gasteiger partial charge in [-0.05, 0) is 12.1 Å². The zero-order valence-corrected chi connectivity index (χ0v) is 9.37. The molecule has 7 heteroatoms. The smallest absolute Gasteiger partial charge is 0.381 e. The summed E-state index contributed by atoms with van der Waals surface area (Å²) in [4.78, 5) is 12.5. The molecule has 98 valence electrons. The molecule has 1 aromatic carbocycles. The van der Waals surface area contributed by atoms with E-state index in [1.54, 1.807) is 18.2 Å². The van der Waals surface area contributed by atoms with Gasteiger partial charge < -0.3 is 11.1 Å². The molecule has 1 amide bonds. The van der Waals surface area contributed by atoms with Crippen molar-refractivity contribution in [1.29, 1.82) is 0 Å². The Morgan fingerprint density at radius 2 is 2.06 bits per heavy atom. The van der Waals surface area contributed by atoms with Crippen molar-refractivity contribution in [3.63, 3.8) is 0 Å². The number of hydrogen-bond donors (Lipinski definition) is 2. The fourth-order valence-corrected chi connectivity index (χ4v) is 1.83. The van der Waals surface area contributed by atoms with E-state index in [4.69, 9.17) is 5.73 Å². The van der Waals surface area contributed by atoms with Crippen molar-refractivity contribution in [2.75, 3.05) is 23.3 Å². The average molecular weight is 259 g/mol. The third kappa shape index (κ3) is 2.56. The fourth-order valence-electron chi connectivity index (χ4n) is 1.83. The van der Waals surface area contributed by atoms with Crippen LogP contribution in [0.3, 0.4) is 0 Å². The maximum Gasteiger partial charge on any atom is 0.406 e.